The zero-order chi connectivity index (χ0) is 25.6. The van der Waals surface area contributed by atoms with E-state index in [1.165, 1.54) is 53.1 Å². The lowest BCUT2D eigenvalue weighted by Gasteiger charge is -2.15. The maximum Gasteiger partial charge on any atom is 0.327 e. The summed E-state index contributed by atoms with van der Waals surface area (Å²) in [5.74, 6) is -2.77. The van der Waals surface area contributed by atoms with Gasteiger partial charge < -0.3 is 5.11 Å². The molecule has 0 unspecified atom stereocenters. The highest BCUT2D eigenvalue weighted by molar-refractivity contribution is 6.44. The van der Waals surface area contributed by atoms with Crippen LogP contribution in [0.3, 0.4) is 0 Å². The Hall–Kier alpha value is -4.66. The quantitative estimate of drug-likeness (QED) is 0.321. The Morgan fingerprint density at radius 3 is 2.19 bits per heavy atom. The van der Waals surface area contributed by atoms with E-state index < -0.39 is 29.3 Å². The number of rotatable bonds is 5. The normalized spacial score (nSPS) is 13.7. The second-order valence-corrected chi connectivity index (χ2v) is 8.49. The summed E-state index contributed by atoms with van der Waals surface area (Å²) < 4.78 is 29.4. The third-order valence-electron chi connectivity index (χ3n) is 5.94. The number of nitrogens with zero attached hydrogens (tertiary/aromatic N) is 4. The highest BCUT2D eigenvalue weighted by Crippen LogP contribution is 2.37. The van der Waals surface area contributed by atoms with Crippen LogP contribution in [0.1, 0.15) is 22.4 Å². The van der Waals surface area contributed by atoms with Gasteiger partial charge in [-0.3, -0.25) is 14.5 Å². The third kappa shape index (κ3) is 3.94. The standard InChI is InChI=1S/C27H20F2N4O3/c1-16-4-3-13-31(14-16)24-23(25(34)32(27(24)36)15-18-5-7-19(28)8-6-18)22-17(2)30-33(26(22)35)21-11-9-20(29)10-12-21/h3-14H,15H2,1-2H3. The maximum atomic E-state index is 13.7. The zero-order valence-electron chi connectivity index (χ0n) is 19.4. The van der Waals surface area contributed by atoms with Crippen molar-refractivity contribution in [3.63, 3.8) is 0 Å². The molecular formula is C27H20F2N4O3. The van der Waals surface area contributed by atoms with E-state index in [1.807, 2.05) is 13.0 Å². The number of benzene rings is 2. The Morgan fingerprint density at radius 1 is 0.917 bits per heavy atom. The molecule has 0 radical (unpaired) electrons. The topological polar surface area (TPSA) is 82.1 Å². The molecule has 1 aliphatic heterocycles. The van der Waals surface area contributed by atoms with E-state index in [4.69, 9.17) is 0 Å². The number of imide groups is 1. The van der Waals surface area contributed by atoms with Crippen LogP contribution < -0.4 is 9.67 Å². The van der Waals surface area contributed by atoms with Crippen molar-refractivity contribution in [2.45, 2.75) is 20.4 Å². The molecule has 0 saturated carbocycles. The lowest BCUT2D eigenvalue weighted by atomic mass is 10.0. The van der Waals surface area contributed by atoms with Crippen molar-refractivity contribution < 1.29 is 28.0 Å². The number of pyridine rings is 1. The Kier molecular flexibility index (Phi) is 5.68. The zero-order valence-corrected chi connectivity index (χ0v) is 19.4. The van der Waals surface area contributed by atoms with E-state index in [0.717, 1.165) is 15.1 Å². The fourth-order valence-corrected chi connectivity index (χ4v) is 4.23. The minimum atomic E-state index is -0.660. The summed E-state index contributed by atoms with van der Waals surface area (Å²) in [7, 11) is 0. The summed E-state index contributed by atoms with van der Waals surface area (Å²) in [5, 5.41) is 17.8. The van der Waals surface area contributed by atoms with Crippen molar-refractivity contribution in [1.29, 1.82) is 0 Å². The fraction of sp³-hybridized carbons (Fsp3) is 0.111. The molecule has 3 heterocycles. The largest absolute Gasteiger partial charge is 0.858 e. The van der Waals surface area contributed by atoms with Crippen LogP contribution in [0, 0.1) is 25.5 Å². The number of hydrogen-bond donors (Lipinski definition) is 0. The molecule has 2 amide bonds. The van der Waals surface area contributed by atoms with Gasteiger partial charge in [-0.05, 0) is 67.8 Å². The molecule has 0 saturated heterocycles. The van der Waals surface area contributed by atoms with Gasteiger partial charge in [0.2, 0.25) is 0 Å². The summed E-state index contributed by atoms with van der Waals surface area (Å²) in [6.07, 6.45) is 3.31. The van der Waals surface area contributed by atoms with E-state index in [2.05, 4.69) is 5.10 Å². The van der Waals surface area contributed by atoms with Crippen molar-refractivity contribution in [3.8, 4) is 11.6 Å². The summed E-state index contributed by atoms with van der Waals surface area (Å²) in [6.45, 7) is 3.31. The lowest BCUT2D eigenvalue weighted by Crippen LogP contribution is -2.39. The predicted octanol–water partition coefficient (Wildman–Crippen LogP) is 3.07. The first-order valence-electron chi connectivity index (χ1n) is 11.1. The van der Waals surface area contributed by atoms with Crippen molar-refractivity contribution in [2.24, 2.45) is 0 Å². The van der Waals surface area contributed by atoms with Gasteiger partial charge in [-0.15, -0.1) is 0 Å². The molecular weight excluding hydrogens is 466 g/mol. The van der Waals surface area contributed by atoms with Crippen LogP contribution in [-0.2, 0) is 16.1 Å². The molecule has 180 valence electrons. The van der Waals surface area contributed by atoms with E-state index in [0.29, 0.717) is 11.3 Å². The summed E-state index contributed by atoms with van der Waals surface area (Å²) in [4.78, 5) is 28.3. The first kappa shape index (κ1) is 23.1. The number of halogens is 2. The molecule has 36 heavy (non-hydrogen) atoms. The van der Waals surface area contributed by atoms with Crippen molar-refractivity contribution in [2.75, 3.05) is 0 Å². The van der Waals surface area contributed by atoms with Gasteiger partial charge in [-0.2, -0.15) is 9.67 Å². The lowest BCUT2D eigenvalue weighted by molar-refractivity contribution is -0.577. The van der Waals surface area contributed by atoms with E-state index in [9.17, 15) is 23.5 Å². The Bertz CT molecular complexity index is 1540. The molecule has 0 fully saturated rings. The van der Waals surface area contributed by atoms with Gasteiger partial charge in [0.05, 0.1) is 17.9 Å². The Labute approximate surface area is 205 Å². The van der Waals surface area contributed by atoms with Gasteiger partial charge >= 0.3 is 5.91 Å². The molecule has 4 aromatic rings. The highest BCUT2D eigenvalue weighted by atomic mass is 19.1. The van der Waals surface area contributed by atoms with Crippen LogP contribution in [0.2, 0.25) is 0 Å². The fourth-order valence-electron chi connectivity index (χ4n) is 4.23. The molecule has 5 rings (SSSR count). The molecule has 2 aromatic heterocycles. The van der Waals surface area contributed by atoms with Gasteiger partial charge in [0.1, 0.15) is 17.2 Å². The SMILES string of the molecule is Cc1ccc[n+](C2=C(c3c(C)nn(-c4ccc(F)cc4)c3[O-])C(=O)N(Cc3ccc(F)cc3)C2=O)c1. The number of carbonyl (C=O) groups excluding carboxylic acids is 2. The second-order valence-electron chi connectivity index (χ2n) is 8.49. The van der Waals surface area contributed by atoms with Crippen LogP contribution in [0.4, 0.5) is 8.78 Å². The minimum absolute atomic E-state index is 0.0108. The molecule has 1 aliphatic rings. The molecule has 2 aromatic carbocycles. The number of aryl methyl sites for hydroxylation is 2. The molecule has 0 spiro atoms. The van der Waals surface area contributed by atoms with Gasteiger partial charge in [0.15, 0.2) is 12.4 Å². The van der Waals surface area contributed by atoms with Crippen LogP contribution >= 0.6 is 0 Å². The average Bonchev–Trinajstić information content (AvgIpc) is 3.27. The smallest absolute Gasteiger partial charge is 0.327 e. The highest BCUT2D eigenvalue weighted by Gasteiger charge is 2.46. The Morgan fingerprint density at radius 2 is 1.56 bits per heavy atom. The van der Waals surface area contributed by atoms with Crippen molar-refractivity contribution in [3.05, 3.63) is 107 Å². The summed E-state index contributed by atoms with van der Waals surface area (Å²) >= 11 is 0. The number of aromatic nitrogens is 3. The first-order valence-corrected chi connectivity index (χ1v) is 11.1. The van der Waals surface area contributed by atoms with Gasteiger partial charge in [-0.1, -0.05) is 12.1 Å². The van der Waals surface area contributed by atoms with Crippen LogP contribution in [0.5, 0.6) is 5.88 Å². The third-order valence-corrected chi connectivity index (χ3v) is 5.94. The molecule has 0 N–H and O–H groups in total. The van der Waals surface area contributed by atoms with Crippen LogP contribution in [0.15, 0.2) is 73.1 Å². The van der Waals surface area contributed by atoms with Gasteiger partial charge in [-0.25, -0.2) is 13.5 Å². The monoisotopic (exact) mass is 486 g/mol. The van der Waals surface area contributed by atoms with Gasteiger partial charge in [0.25, 0.3) is 11.6 Å². The minimum Gasteiger partial charge on any atom is -0.858 e. The van der Waals surface area contributed by atoms with Crippen molar-refractivity contribution >= 4 is 23.1 Å². The first-order chi connectivity index (χ1) is 17.2. The van der Waals surface area contributed by atoms with Crippen molar-refractivity contribution in [1.82, 2.24) is 14.7 Å². The van der Waals surface area contributed by atoms with Gasteiger partial charge in [0, 0.05) is 17.2 Å². The van der Waals surface area contributed by atoms with Crippen LogP contribution in [-0.4, -0.2) is 26.5 Å². The summed E-state index contributed by atoms with van der Waals surface area (Å²) in [6, 6.07) is 14.3. The maximum absolute atomic E-state index is 13.7. The van der Waals surface area contributed by atoms with E-state index in [1.54, 1.807) is 25.4 Å². The molecule has 0 aliphatic carbocycles. The molecule has 0 bridgehead atoms. The second kappa shape index (κ2) is 8.84. The molecule has 9 heteroatoms. The Balaban J connectivity index is 1.67. The summed E-state index contributed by atoms with van der Waals surface area (Å²) in [5.41, 5.74) is 1.88. The molecule has 0 atom stereocenters. The predicted molar refractivity (Wildman–Crippen MR) is 124 cm³/mol. The van der Waals surface area contributed by atoms with E-state index in [-0.39, 0.29) is 29.1 Å². The number of amides is 2. The molecule has 7 nitrogen and oxygen atoms in total. The number of hydrogen-bond acceptors (Lipinski definition) is 4. The average molecular weight is 486 g/mol. The van der Waals surface area contributed by atoms with E-state index >= 15 is 0 Å². The number of carbonyl (C=O) groups is 2. The van der Waals surface area contributed by atoms with Crippen LogP contribution in [0.25, 0.3) is 17.0 Å².